The molecule has 1 heterocycles. The van der Waals surface area contributed by atoms with E-state index in [0.717, 1.165) is 6.07 Å². The molecule has 0 amide bonds. The zero-order valence-corrected chi connectivity index (χ0v) is 7.80. The van der Waals surface area contributed by atoms with Gasteiger partial charge in [0, 0.05) is 5.69 Å². The van der Waals surface area contributed by atoms with E-state index in [0.29, 0.717) is 0 Å². The van der Waals surface area contributed by atoms with E-state index in [9.17, 15) is 18.0 Å². The SMILES string of the molecule is Cc1cc(F)c(C(F)F)c(CC(=O)O)n1. The summed E-state index contributed by atoms with van der Waals surface area (Å²) in [6.07, 6.45) is -3.77. The lowest BCUT2D eigenvalue weighted by atomic mass is 10.1. The summed E-state index contributed by atoms with van der Waals surface area (Å²) in [5, 5.41) is 8.45. The van der Waals surface area contributed by atoms with Crippen molar-refractivity contribution in [1.82, 2.24) is 4.98 Å². The second-order valence-corrected chi connectivity index (χ2v) is 2.98. The minimum Gasteiger partial charge on any atom is -0.481 e. The number of carboxylic acid groups (broad SMARTS) is 1. The highest BCUT2D eigenvalue weighted by molar-refractivity contribution is 5.70. The van der Waals surface area contributed by atoms with Gasteiger partial charge in [0.05, 0.1) is 17.7 Å². The van der Waals surface area contributed by atoms with Crippen molar-refractivity contribution in [3.8, 4) is 0 Å². The van der Waals surface area contributed by atoms with E-state index in [4.69, 9.17) is 5.11 Å². The van der Waals surface area contributed by atoms with Crippen LogP contribution in [-0.4, -0.2) is 16.1 Å². The van der Waals surface area contributed by atoms with Gasteiger partial charge in [-0.3, -0.25) is 9.78 Å². The molecular weight excluding hydrogens is 211 g/mol. The maximum absolute atomic E-state index is 13.1. The van der Waals surface area contributed by atoms with Crippen LogP contribution in [0.2, 0.25) is 0 Å². The molecule has 0 saturated heterocycles. The molecule has 6 heteroatoms. The molecule has 0 aliphatic carbocycles. The Morgan fingerprint density at radius 1 is 1.60 bits per heavy atom. The normalized spacial score (nSPS) is 10.7. The summed E-state index contributed by atoms with van der Waals surface area (Å²) in [5.41, 5.74) is -1.17. The molecule has 0 saturated carbocycles. The summed E-state index contributed by atoms with van der Waals surface area (Å²) in [6, 6.07) is 0.854. The molecular formula is C9H8F3NO2. The molecule has 3 nitrogen and oxygen atoms in total. The predicted molar refractivity (Wildman–Crippen MR) is 45.2 cm³/mol. The van der Waals surface area contributed by atoms with E-state index in [1.807, 2.05) is 0 Å². The van der Waals surface area contributed by atoms with Crippen LogP contribution < -0.4 is 0 Å². The minimum atomic E-state index is -3.06. The van der Waals surface area contributed by atoms with Gasteiger partial charge in [0.15, 0.2) is 0 Å². The highest BCUT2D eigenvalue weighted by atomic mass is 19.3. The van der Waals surface area contributed by atoms with Crippen LogP contribution in [0.25, 0.3) is 0 Å². The number of nitrogens with zero attached hydrogens (tertiary/aromatic N) is 1. The molecule has 1 aromatic rings. The molecule has 82 valence electrons. The number of aryl methyl sites for hydroxylation is 1. The van der Waals surface area contributed by atoms with Gasteiger partial charge in [-0.1, -0.05) is 0 Å². The summed E-state index contributed by atoms with van der Waals surface area (Å²) in [5.74, 6) is -2.44. The summed E-state index contributed by atoms with van der Waals surface area (Å²) < 4.78 is 37.9. The van der Waals surface area contributed by atoms with E-state index in [1.54, 1.807) is 0 Å². The number of halogens is 3. The van der Waals surface area contributed by atoms with Gasteiger partial charge in [-0.05, 0) is 13.0 Å². The molecule has 0 spiro atoms. The first-order chi connectivity index (χ1) is 6.91. The standard InChI is InChI=1S/C9H8F3NO2/c1-4-2-5(10)8(9(11)12)6(13-4)3-7(14)15/h2,9H,3H2,1H3,(H,14,15). The fourth-order valence-corrected chi connectivity index (χ4v) is 1.21. The van der Waals surface area contributed by atoms with Gasteiger partial charge in [-0.25, -0.2) is 13.2 Å². The zero-order valence-electron chi connectivity index (χ0n) is 7.80. The summed E-state index contributed by atoms with van der Waals surface area (Å²) in [6.45, 7) is 1.41. The van der Waals surface area contributed by atoms with Crippen LogP contribution in [0.4, 0.5) is 13.2 Å². The third-order valence-corrected chi connectivity index (χ3v) is 1.75. The van der Waals surface area contributed by atoms with Crippen molar-refractivity contribution in [2.24, 2.45) is 0 Å². The van der Waals surface area contributed by atoms with Crippen LogP contribution in [0.5, 0.6) is 0 Å². The molecule has 1 rings (SSSR count). The van der Waals surface area contributed by atoms with E-state index >= 15 is 0 Å². The Bertz CT molecular complexity index is 393. The van der Waals surface area contributed by atoms with Gasteiger partial charge >= 0.3 is 5.97 Å². The Kier molecular flexibility index (Phi) is 3.28. The van der Waals surface area contributed by atoms with Crippen LogP contribution in [0.15, 0.2) is 6.07 Å². The summed E-state index contributed by atoms with van der Waals surface area (Å²) >= 11 is 0. The molecule has 0 bridgehead atoms. The second-order valence-electron chi connectivity index (χ2n) is 2.98. The third kappa shape index (κ3) is 2.68. The Morgan fingerprint density at radius 2 is 2.20 bits per heavy atom. The van der Waals surface area contributed by atoms with Crippen molar-refractivity contribution in [3.63, 3.8) is 0 Å². The molecule has 0 aliphatic rings. The smallest absolute Gasteiger partial charge is 0.309 e. The van der Waals surface area contributed by atoms with Crippen LogP contribution in [0, 0.1) is 12.7 Å². The summed E-state index contributed by atoms with van der Waals surface area (Å²) in [4.78, 5) is 14.0. The fourth-order valence-electron chi connectivity index (χ4n) is 1.21. The number of hydrogen-bond donors (Lipinski definition) is 1. The molecule has 1 N–H and O–H groups in total. The van der Waals surface area contributed by atoms with Gasteiger partial charge in [0.25, 0.3) is 6.43 Å². The summed E-state index contributed by atoms with van der Waals surface area (Å²) in [7, 11) is 0. The Morgan fingerprint density at radius 3 is 2.67 bits per heavy atom. The average Bonchev–Trinajstić information content (AvgIpc) is 1.99. The zero-order chi connectivity index (χ0) is 11.6. The first-order valence-corrected chi connectivity index (χ1v) is 4.07. The Hall–Kier alpha value is -1.59. The number of alkyl halides is 2. The number of rotatable bonds is 3. The molecule has 0 radical (unpaired) electrons. The third-order valence-electron chi connectivity index (χ3n) is 1.75. The van der Waals surface area contributed by atoms with Gasteiger partial charge < -0.3 is 5.11 Å². The van der Waals surface area contributed by atoms with Crippen molar-refractivity contribution in [1.29, 1.82) is 0 Å². The van der Waals surface area contributed by atoms with Crippen molar-refractivity contribution in [2.75, 3.05) is 0 Å². The molecule has 0 fully saturated rings. The van der Waals surface area contributed by atoms with Crippen LogP contribution in [-0.2, 0) is 11.2 Å². The Labute approximate surface area is 83.6 Å². The monoisotopic (exact) mass is 219 g/mol. The molecule has 1 aromatic heterocycles. The lowest BCUT2D eigenvalue weighted by Crippen LogP contribution is -2.09. The number of aliphatic carboxylic acids is 1. The number of hydrogen-bond acceptors (Lipinski definition) is 2. The van der Waals surface area contributed by atoms with E-state index < -0.39 is 35.9 Å². The first-order valence-electron chi connectivity index (χ1n) is 4.07. The lowest BCUT2D eigenvalue weighted by molar-refractivity contribution is -0.136. The van der Waals surface area contributed by atoms with Crippen molar-refractivity contribution < 1.29 is 23.1 Å². The van der Waals surface area contributed by atoms with Crippen LogP contribution in [0.1, 0.15) is 23.4 Å². The number of carboxylic acids is 1. The van der Waals surface area contributed by atoms with Crippen LogP contribution in [0.3, 0.4) is 0 Å². The quantitative estimate of drug-likeness (QED) is 0.846. The molecule has 0 unspecified atom stereocenters. The van der Waals surface area contributed by atoms with Gasteiger partial charge in [-0.15, -0.1) is 0 Å². The highest BCUT2D eigenvalue weighted by Crippen LogP contribution is 2.25. The number of pyridine rings is 1. The molecule has 0 aromatic carbocycles. The maximum atomic E-state index is 13.1. The molecule has 15 heavy (non-hydrogen) atoms. The maximum Gasteiger partial charge on any atom is 0.309 e. The highest BCUT2D eigenvalue weighted by Gasteiger charge is 2.21. The molecule has 0 atom stereocenters. The largest absolute Gasteiger partial charge is 0.481 e. The average molecular weight is 219 g/mol. The number of carbonyl (C=O) groups is 1. The second kappa shape index (κ2) is 4.29. The Balaban J connectivity index is 3.26. The van der Waals surface area contributed by atoms with Gasteiger partial charge in [0.1, 0.15) is 5.82 Å². The predicted octanol–water partition coefficient (Wildman–Crippen LogP) is 2.09. The fraction of sp³-hybridized carbons (Fsp3) is 0.333. The van der Waals surface area contributed by atoms with Gasteiger partial charge in [0.2, 0.25) is 0 Å². The van der Waals surface area contributed by atoms with Crippen molar-refractivity contribution in [3.05, 3.63) is 28.8 Å². The van der Waals surface area contributed by atoms with E-state index in [-0.39, 0.29) is 5.69 Å². The van der Waals surface area contributed by atoms with E-state index in [2.05, 4.69) is 4.98 Å². The van der Waals surface area contributed by atoms with E-state index in [1.165, 1.54) is 6.92 Å². The minimum absolute atomic E-state index is 0.174. The van der Waals surface area contributed by atoms with Crippen LogP contribution >= 0.6 is 0 Å². The van der Waals surface area contributed by atoms with Gasteiger partial charge in [-0.2, -0.15) is 0 Å². The number of aromatic nitrogens is 1. The molecule has 0 aliphatic heterocycles. The topological polar surface area (TPSA) is 50.2 Å². The first kappa shape index (κ1) is 11.5. The van der Waals surface area contributed by atoms with Crippen molar-refractivity contribution >= 4 is 5.97 Å². The van der Waals surface area contributed by atoms with Crippen molar-refractivity contribution in [2.45, 2.75) is 19.8 Å². The lowest BCUT2D eigenvalue weighted by Gasteiger charge is -2.08.